The van der Waals surface area contributed by atoms with E-state index in [0.29, 0.717) is 11.5 Å². The van der Waals surface area contributed by atoms with Crippen LogP contribution in [-0.4, -0.2) is 34.7 Å². The zero-order valence-electron chi connectivity index (χ0n) is 10.7. The molecule has 0 saturated heterocycles. The molecule has 0 aliphatic carbocycles. The maximum atomic E-state index is 11.5. The average molecular weight is 299 g/mol. The van der Waals surface area contributed by atoms with E-state index in [1.54, 1.807) is 11.8 Å². The van der Waals surface area contributed by atoms with E-state index in [1.807, 2.05) is 30.5 Å². The molecule has 1 aromatic rings. The average Bonchev–Trinajstić information content (AvgIpc) is 2.35. The van der Waals surface area contributed by atoms with Gasteiger partial charge >= 0.3 is 5.97 Å². The van der Waals surface area contributed by atoms with Crippen molar-refractivity contribution in [1.29, 1.82) is 0 Å². The van der Waals surface area contributed by atoms with Crippen LogP contribution in [0, 0.1) is 0 Å². The largest absolute Gasteiger partial charge is 0.481 e. The first-order valence-corrected chi connectivity index (χ1v) is 8.34. The van der Waals surface area contributed by atoms with Crippen molar-refractivity contribution < 1.29 is 14.7 Å². The third-order valence-corrected chi connectivity index (χ3v) is 3.80. The van der Waals surface area contributed by atoms with Crippen molar-refractivity contribution >= 4 is 41.1 Å². The van der Waals surface area contributed by atoms with Crippen LogP contribution in [-0.2, 0) is 15.3 Å². The van der Waals surface area contributed by atoms with Gasteiger partial charge < -0.3 is 10.4 Å². The number of hydrogen-bond donors (Lipinski definition) is 2. The molecule has 0 fully saturated rings. The van der Waals surface area contributed by atoms with E-state index in [9.17, 15) is 9.59 Å². The van der Waals surface area contributed by atoms with Gasteiger partial charge in [-0.3, -0.25) is 9.59 Å². The molecule has 0 aliphatic rings. The molecule has 19 heavy (non-hydrogen) atoms. The van der Waals surface area contributed by atoms with E-state index in [-0.39, 0.29) is 12.3 Å². The molecule has 0 spiro atoms. The Kier molecular flexibility index (Phi) is 7.43. The number of carboxylic acids is 1. The highest BCUT2D eigenvalue weighted by Gasteiger charge is 2.02. The zero-order valence-corrected chi connectivity index (χ0v) is 12.4. The predicted molar refractivity (Wildman–Crippen MR) is 81.9 cm³/mol. The van der Waals surface area contributed by atoms with Crippen LogP contribution in [0.15, 0.2) is 24.3 Å². The Morgan fingerprint density at radius 2 is 2.16 bits per heavy atom. The van der Waals surface area contributed by atoms with Crippen molar-refractivity contribution in [3.63, 3.8) is 0 Å². The summed E-state index contributed by atoms with van der Waals surface area (Å²) in [6.45, 7) is 0. The lowest BCUT2D eigenvalue weighted by molar-refractivity contribution is -0.136. The number of benzene rings is 1. The van der Waals surface area contributed by atoms with Gasteiger partial charge in [-0.1, -0.05) is 12.1 Å². The molecule has 1 aromatic carbocycles. The van der Waals surface area contributed by atoms with Crippen LogP contribution in [0.2, 0.25) is 0 Å². The minimum atomic E-state index is -0.773. The third-order valence-electron chi connectivity index (χ3n) is 2.22. The quantitative estimate of drug-likeness (QED) is 0.722. The van der Waals surface area contributed by atoms with Crippen LogP contribution in [0.5, 0.6) is 0 Å². The number of carbonyl (C=O) groups is 2. The molecule has 0 bridgehead atoms. The number of anilines is 1. The van der Waals surface area contributed by atoms with Gasteiger partial charge in [0.15, 0.2) is 0 Å². The topological polar surface area (TPSA) is 66.4 Å². The van der Waals surface area contributed by atoms with E-state index in [4.69, 9.17) is 5.11 Å². The highest BCUT2D eigenvalue weighted by atomic mass is 32.2. The van der Waals surface area contributed by atoms with Crippen LogP contribution in [0.4, 0.5) is 5.69 Å². The number of hydrogen-bond acceptors (Lipinski definition) is 4. The van der Waals surface area contributed by atoms with Crippen molar-refractivity contribution in [3.8, 4) is 0 Å². The number of carbonyl (C=O) groups excluding carboxylic acids is 1. The predicted octanol–water partition coefficient (Wildman–Crippen LogP) is 2.70. The Labute approximate surface area is 121 Å². The summed E-state index contributed by atoms with van der Waals surface area (Å²) in [5.41, 5.74) is 1.87. The number of rotatable bonds is 8. The van der Waals surface area contributed by atoms with E-state index in [1.165, 1.54) is 11.8 Å². The van der Waals surface area contributed by atoms with Gasteiger partial charge in [-0.2, -0.15) is 23.5 Å². The summed E-state index contributed by atoms with van der Waals surface area (Å²) in [5.74, 6) is 1.00. The van der Waals surface area contributed by atoms with Gasteiger partial charge in [0.2, 0.25) is 5.91 Å². The first-order valence-electron chi connectivity index (χ1n) is 5.79. The second kappa shape index (κ2) is 8.87. The Balaban J connectivity index is 2.43. The van der Waals surface area contributed by atoms with Gasteiger partial charge in [-0.15, -0.1) is 0 Å². The van der Waals surface area contributed by atoms with Crippen LogP contribution in [0.25, 0.3) is 0 Å². The highest BCUT2D eigenvalue weighted by molar-refractivity contribution is 7.99. The molecule has 0 aromatic heterocycles. The standard InChI is InChI=1S/C13H17NO3S2/c1-18-9-12(15)14-11-4-2-3-10(7-11)8-19-6-5-13(16)17/h2-4,7H,5-6,8-9H2,1H3,(H,14,15)(H,16,17). The minimum Gasteiger partial charge on any atom is -0.481 e. The van der Waals surface area contributed by atoms with Crippen LogP contribution >= 0.6 is 23.5 Å². The fraction of sp³-hybridized carbons (Fsp3) is 0.385. The lowest BCUT2D eigenvalue weighted by Gasteiger charge is -2.06. The Morgan fingerprint density at radius 3 is 2.84 bits per heavy atom. The molecule has 0 aliphatic heterocycles. The molecule has 0 saturated carbocycles. The molecule has 1 amide bonds. The number of amides is 1. The Hall–Kier alpha value is -1.14. The summed E-state index contributed by atoms with van der Waals surface area (Å²) in [7, 11) is 0. The number of nitrogens with one attached hydrogen (secondary N) is 1. The van der Waals surface area contributed by atoms with Gasteiger partial charge in [-0.25, -0.2) is 0 Å². The molecule has 1 rings (SSSR count). The normalized spacial score (nSPS) is 10.2. The van der Waals surface area contributed by atoms with Crippen molar-refractivity contribution in [3.05, 3.63) is 29.8 Å². The van der Waals surface area contributed by atoms with Gasteiger partial charge in [0.1, 0.15) is 0 Å². The van der Waals surface area contributed by atoms with Gasteiger partial charge in [0, 0.05) is 17.2 Å². The molecule has 104 valence electrons. The van der Waals surface area contributed by atoms with Crippen molar-refractivity contribution in [2.75, 3.05) is 23.1 Å². The van der Waals surface area contributed by atoms with Crippen LogP contribution < -0.4 is 5.32 Å². The third kappa shape index (κ3) is 7.12. The van der Waals surface area contributed by atoms with Gasteiger partial charge in [-0.05, 0) is 24.0 Å². The molecule has 4 nitrogen and oxygen atoms in total. The fourth-order valence-electron chi connectivity index (χ4n) is 1.42. The number of aliphatic carboxylic acids is 1. The Bertz CT molecular complexity index is 438. The maximum Gasteiger partial charge on any atom is 0.304 e. The maximum absolute atomic E-state index is 11.5. The van der Waals surface area contributed by atoms with Crippen LogP contribution in [0.3, 0.4) is 0 Å². The molecule has 0 heterocycles. The SMILES string of the molecule is CSCC(=O)Nc1cccc(CSCCC(=O)O)c1. The fourth-order valence-corrected chi connectivity index (χ4v) is 2.63. The summed E-state index contributed by atoms with van der Waals surface area (Å²) in [5, 5.41) is 11.4. The molecular formula is C13H17NO3S2. The second-order valence-corrected chi connectivity index (χ2v) is 5.85. The number of carboxylic acid groups (broad SMARTS) is 1. The second-order valence-electron chi connectivity index (χ2n) is 3.88. The molecular weight excluding hydrogens is 282 g/mol. The smallest absolute Gasteiger partial charge is 0.304 e. The first kappa shape index (κ1) is 15.9. The van der Waals surface area contributed by atoms with Gasteiger partial charge in [0.25, 0.3) is 0 Å². The van der Waals surface area contributed by atoms with E-state index in [2.05, 4.69) is 5.32 Å². The molecule has 0 unspecified atom stereocenters. The molecule has 0 atom stereocenters. The van der Waals surface area contributed by atoms with Crippen molar-refractivity contribution in [2.24, 2.45) is 0 Å². The summed E-state index contributed by atoms with van der Waals surface area (Å²) in [6, 6.07) is 7.63. The monoisotopic (exact) mass is 299 g/mol. The summed E-state index contributed by atoms with van der Waals surface area (Å²) in [4.78, 5) is 21.8. The van der Waals surface area contributed by atoms with Gasteiger partial charge in [0.05, 0.1) is 12.2 Å². The van der Waals surface area contributed by atoms with Crippen molar-refractivity contribution in [2.45, 2.75) is 12.2 Å². The molecule has 0 radical (unpaired) electrons. The molecule has 6 heteroatoms. The lowest BCUT2D eigenvalue weighted by Crippen LogP contribution is -2.13. The Morgan fingerprint density at radius 1 is 1.37 bits per heavy atom. The summed E-state index contributed by atoms with van der Waals surface area (Å²) in [6.07, 6.45) is 2.06. The lowest BCUT2D eigenvalue weighted by atomic mass is 10.2. The van der Waals surface area contributed by atoms with Crippen LogP contribution in [0.1, 0.15) is 12.0 Å². The minimum absolute atomic E-state index is 0.0109. The van der Waals surface area contributed by atoms with E-state index >= 15 is 0 Å². The summed E-state index contributed by atoms with van der Waals surface area (Å²) < 4.78 is 0. The first-order chi connectivity index (χ1) is 9.11. The highest BCUT2D eigenvalue weighted by Crippen LogP contribution is 2.17. The number of thioether (sulfide) groups is 2. The van der Waals surface area contributed by atoms with E-state index < -0.39 is 5.97 Å². The van der Waals surface area contributed by atoms with Crippen molar-refractivity contribution in [1.82, 2.24) is 0 Å². The zero-order chi connectivity index (χ0) is 14.1. The summed E-state index contributed by atoms with van der Waals surface area (Å²) >= 11 is 3.06. The molecule has 2 N–H and O–H groups in total. The van der Waals surface area contributed by atoms with E-state index in [0.717, 1.165) is 17.0 Å².